The molecule has 3 rings (SSSR count). The van der Waals surface area contributed by atoms with Gasteiger partial charge in [-0.25, -0.2) is 4.98 Å². The van der Waals surface area contributed by atoms with Crippen LogP contribution in [0.25, 0.3) is 16.7 Å². The van der Waals surface area contributed by atoms with Crippen molar-refractivity contribution in [3.05, 3.63) is 47.2 Å². The molecule has 2 heterocycles. The lowest BCUT2D eigenvalue weighted by Gasteiger charge is -2.11. The number of imidazole rings is 1. The first kappa shape index (κ1) is 14.6. The van der Waals surface area contributed by atoms with Crippen molar-refractivity contribution in [2.75, 3.05) is 6.54 Å². The molecule has 0 spiro atoms. The molecule has 0 saturated heterocycles. The maximum atomic E-state index is 12.6. The molecule has 4 nitrogen and oxygen atoms in total. The summed E-state index contributed by atoms with van der Waals surface area (Å²) in [7, 11) is 0. The summed E-state index contributed by atoms with van der Waals surface area (Å²) in [6.07, 6.45) is 2.05. The van der Waals surface area contributed by atoms with Crippen LogP contribution >= 0.6 is 0 Å². The molecule has 3 aromatic rings. The van der Waals surface area contributed by atoms with E-state index in [9.17, 15) is 4.79 Å². The van der Waals surface area contributed by atoms with Crippen molar-refractivity contribution in [1.82, 2.24) is 14.7 Å². The summed E-state index contributed by atoms with van der Waals surface area (Å²) < 4.78 is 2.07. The molecule has 1 amide bonds. The number of fused-ring (bicyclic) bond motifs is 3. The molecule has 0 fully saturated rings. The Labute approximate surface area is 130 Å². The number of para-hydroxylation sites is 2. The van der Waals surface area contributed by atoms with Gasteiger partial charge in [-0.05, 0) is 44.0 Å². The smallest absolute Gasteiger partial charge is 0.255 e. The summed E-state index contributed by atoms with van der Waals surface area (Å²) in [5.74, 6) is -0.0359. The Morgan fingerprint density at radius 3 is 2.82 bits per heavy atom. The lowest BCUT2D eigenvalue weighted by molar-refractivity contribution is 0.0953. The van der Waals surface area contributed by atoms with Crippen LogP contribution in [-0.4, -0.2) is 21.8 Å². The van der Waals surface area contributed by atoms with Gasteiger partial charge in [0.2, 0.25) is 0 Å². The number of nitrogens with zero attached hydrogens (tertiary/aromatic N) is 2. The van der Waals surface area contributed by atoms with Crippen molar-refractivity contribution >= 4 is 22.6 Å². The Morgan fingerprint density at radius 2 is 2.05 bits per heavy atom. The van der Waals surface area contributed by atoms with Crippen molar-refractivity contribution in [1.29, 1.82) is 0 Å². The highest BCUT2D eigenvalue weighted by atomic mass is 16.1. The molecule has 0 aliphatic carbocycles. The number of benzene rings is 1. The molecule has 0 aliphatic rings. The van der Waals surface area contributed by atoms with Gasteiger partial charge in [0.25, 0.3) is 5.91 Å². The van der Waals surface area contributed by atoms with Crippen LogP contribution in [0.3, 0.4) is 0 Å². The first-order valence-electron chi connectivity index (χ1n) is 7.79. The van der Waals surface area contributed by atoms with E-state index in [4.69, 9.17) is 0 Å². The highest BCUT2D eigenvalue weighted by Gasteiger charge is 2.18. The van der Waals surface area contributed by atoms with Crippen LogP contribution in [0.1, 0.15) is 41.4 Å². The Balaban J connectivity index is 2.19. The second-order valence-corrected chi connectivity index (χ2v) is 5.71. The standard InChI is InChI=1S/C18H21N3O/c1-4-5-10-19-18(22)16-12(2)11-13(3)21-15-9-7-6-8-14(15)20-17(16)21/h6-9,11H,4-5,10H2,1-3H3,(H,19,22). The summed E-state index contributed by atoms with van der Waals surface area (Å²) >= 11 is 0. The molecule has 1 N–H and O–H groups in total. The molecule has 114 valence electrons. The zero-order valence-corrected chi connectivity index (χ0v) is 13.3. The zero-order valence-electron chi connectivity index (χ0n) is 13.3. The van der Waals surface area contributed by atoms with Gasteiger partial charge in [0, 0.05) is 12.2 Å². The summed E-state index contributed by atoms with van der Waals surface area (Å²) in [6, 6.07) is 10.0. The monoisotopic (exact) mass is 295 g/mol. The quantitative estimate of drug-likeness (QED) is 0.747. The molecule has 0 saturated carbocycles. The topological polar surface area (TPSA) is 46.4 Å². The summed E-state index contributed by atoms with van der Waals surface area (Å²) in [5.41, 5.74) is 5.43. The second kappa shape index (κ2) is 5.79. The Hall–Kier alpha value is -2.36. The fraction of sp³-hybridized carbons (Fsp3) is 0.333. The molecule has 4 heteroatoms. The number of hydrogen-bond donors (Lipinski definition) is 1. The van der Waals surface area contributed by atoms with Crippen molar-refractivity contribution < 1.29 is 4.79 Å². The minimum atomic E-state index is -0.0359. The van der Waals surface area contributed by atoms with E-state index in [1.165, 1.54) is 0 Å². The predicted molar refractivity (Wildman–Crippen MR) is 89.4 cm³/mol. The van der Waals surface area contributed by atoms with E-state index in [-0.39, 0.29) is 5.91 Å². The number of unbranched alkanes of at least 4 members (excludes halogenated alkanes) is 1. The number of pyridine rings is 1. The van der Waals surface area contributed by atoms with E-state index in [2.05, 4.69) is 27.7 Å². The van der Waals surface area contributed by atoms with E-state index < -0.39 is 0 Å². The van der Waals surface area contributed by atoms with Gasteiger partial charge in [-0.1, -0.05) is 25.5 Å². The van der Waals surface area contributed by atoms with Crippen LogP contribution in [0.15, 0.2) is 30.3 Å². The Bertz CT molecular complexity index is 848. The third-order valence-corrected chi connectivity index (χ3v) is 4.00. The average Bonchev–Trinajstić information content (AvgIpc) is 2.86. The Morgan fingerprint density at radius 1 is 1.27 bits per heavy atom. The summed E-state index contributed by atoms with van der Waals surface area (Å²) in [4.78, 5) is 17.3. The van der Waals surface area contributed by atoms with Crippen LogP contribution in [0, 0.1) is 13.8 Å². The van der Waals surface area contributed by atoms with Crippen molar-refractivity contribution in [2.24, 2.45) is 0 Å². The van der Waals surface area contributed by atoms with Gasteiger partial charge < -0.3 is 5.32 Å². The lowest BCUT2D eigenvalue weighted by Crippen LogP contribution is -2.26. The molecule has 0 radical (unpaired) electrons. The van der Waals surface area contributed by atoms with E-state index in [0.29, 0.717) is 12.1 Å². The number of nitrogens with one attached hydrogen (secondary N) is 1. The Kier molecular flexibility index (Phi) is 3.84. The van der Waals surface area contributed by atoms with Gasteiger partial charge in [0.15, 0.2) is 5.65 Å². The number of aromatic nitrogens is 2. The number of carbonyl (C=O) groups is 1. The number of hydrogen-bond acceptors (Lipinski definition) is 2. The highest BCUT2D eigenvalue weighted by Crippen LogP contribution is 2.24. The van der Waals surface area contributed by atoms with Gasteiger partial charge in [-0.15, -0.1) is 0 Å². The molecular weight excluding hydrogens is 274 g/mol. The van der Waals surface area contributed by atoms with Crippen molar-refractivity contribution in [3.63, 3.8) is 0 Å². The van der Waals surface area contributed by atoms with E-state index in [0.717, 1.165) is 40.8 Å². The summed E-state index contributed by atoms with van der Waals surface area (Å²) in [5, 5.41) is 3.00. The lowest BCUT2D eigenvalue weighted by atomic mass is 10.1. The largest absolute Gasteiger partial charge is 0.352 e. The van der Waals surface area contributed by atoms with Crippen molar-refractivity contribution in [2.45, 2.75) is 33.6 Å². The van der Waals surface area contributed by atoms with Gasteiger partial charge in [0.05, 0.1) is 16.6 Å². The third kappa shape index (κ3) is 2.34. The molecule has 22 heavy (non-hydrogen) atoms. The molecule has 0 atom stereocenters. The highest BCUT2D eigenvalue weighted by molar-refractivity contribution is 6.03. The van der Waals surface area contributed by atoms with Crippen molar-refractivity contribution in [3.8, 4) is 0 Å². The van der Waals surface area contributed by atoms with Crippen LogP contribution in [-0.2, 0) is 0 Å². The maximum absolute atomic E-state index is 12.6. The number of amides is 1. The van der Waals surface area contributed by atoms with Gasteiger partial charge in [-0.3, -0.25) is 9.20 Å². The van der Waals surface area contributed by atoms with Gasteiger partial charge >= 0.3 is 0 Å². The van der Waals surface area contributed by atoms with Crippen LogP contribution in [0.2, 0.25) is 0 Å². The van der Waals surface area contributed by atoms with Crippen LogP contribution in [0.4, 0.5) is 0 Å². The third-order valence-electron chi connectivity index (χ3n) is 4.00. The number of rotatable bonds is 4. The SMILES string of the molecule is CCCCNC(=O)c1c(C)cc(C)n2c1nc1ccccc12. The van der Waals surface area contributed by atoms with E-state index in [1.54, 1.807) is 0 Å². The second-order valence-electron chi connectivity index (χ2n) is 5.71. The predicted octanol–water partition coefficient (Wildman–Crippen LogP) is 3.63. The number of carbonyl (C=O) groups excluding carboxylic acids is 1. The number of aryl methyl sites for hydroxylation is 2. The minimum absolute atomic E-state index is 0.0359. The van der Waals surface area contributed by atoms with Gasteiger partial charge in [-0.2, -0.15) is 0 Å². The van der Waals surface area contributed by atoms with Crippen LogP contribution < -0.4 is 5.32 Å². The molecule has 0 aliphatic heterocycles. The fourth-order valence-corrected chi connectivity index (χ4v) is 2.92. The summed E-state index contributed by atoms with van der Waals surface area (Å²) in [6.45, 7) is 6.84. The zero-order chi connectivity index (χ0) is 15.7. The normalized spacial score (nSPS) is 11.2. The minimum Gasteiger partial charge on any atom is -0.352 e. The van der Waals surface area contributed by atoms with E-state index >= 15 is 0 Å². The fourth-order valence-electron chi connectivity index (χ4n) is 2.92. The first-order valence-corrected chi connectivity index (χ1v) is 7.79. The molecule has 0 unspecified atom stereocenters. The maximum Gasteiger partial charge on any atom is 0.255 e. The molecule has 2 aromatic heterocycles. The van der Waals surface area contributed by atoms with Gasteiger partial charge in [0.1, 0.15) is 0 Å². The van der Waals surface area contributed by atoms with E-state index in [1.807, 2.05) is 38.1 Å². The molecule has 0 bridgehead atoms. The molecule has 1 aromatic carbocycles. The van der Waals surface area contributed by atoms with Crippen LogP contribution in [0.5, 0.6) is 0 Å². The molecular formula is C18H21N3O. The average molecular weight is 295 g/mol. The first-order chi connectivity index (χ1) is 10.6.